The van der Waals surface area contributed by atoms with E-state index in [0.29, 0.717) is 24.6 Å². The second-order valence-corrected chi connectivity index (χ2v) is 7.22. The van der Waals surface area contributed by atoms with Crippen molar-refractivity contribution in [3.8, 4) is 5.75 Å². The van der Waals surface area contributed by atoms with Crippen LogP contribution in [0.1, 0.15) is 24.4 Å². The normalized spacial score (nSPS) is 11.9. The molecule has 0 aliphatic rings. The number of amides is 1. The molecule has 0 spiro atoms. The lowest BCUT2D eigenvalue weighted by molar-refractivity contribution is -0.118. The topological polar surface area (TPSA) is 68.2 Å². The Bertz CT molecular complexity index is 1170. The largest absolute Gasteiger partial charge is 0.492 e. The maximum absolute atomic E-state index is 13.3. The lowest BCUT2D eigenvalue weighted by Gasteiger charge is -2.20. The van der Waals surface area contributed by atoms with Crippen molar-refractivity contribution in [1.29, 1.82) is 0 Å². The van der Waals surface area contributed by atoms with Gasteiger partial charge in [0.2, 0.25) is 5.91 Å². The van der Waals surface area contributed by atoms with Crippen molar-refractivity contribution in [2.24, 2.45) is 7.05 Å². The molecule has 2 N–H and O–H groups in total. The summed E-state index contributed by atoms with van der Waals surface area (Å²) < 4.78 is 7.70. The summed E-state index contributed by atoms with van der Waals surface area (Å²) in [4.78, 5) is 18.0. The molecule has 0 unspecified atom stereocenters. The second-order valence-electron chi connectivity index (χ2n) is 7.22. The van der Waals surface area contributed by atoms with E-state index in [2.05, 4.69) is 10.6 Å². The van der Waals surface area contributed by atoms with Crippen molar-refractivity contribution in [3.63, 3.8) is 0 Å². The number of nitrogens with zero attached hydrogens (tertiary/aromatic N) is 2. The highest BCUT2D eigenvalue weighted by Crippen LogP contribution is 2.25. The molecule has 1 amide bonds. The third kappa shape index (κ3) is 4.59. The van der Waals surface area contributed by atoms with Crippen molar-refractivity contribution in [2.45, 2.75) is 19.5 Å². The molecular weight excluding hydrogens is 388 g/mol. The van der Waals surface area contributed by atoms with Crippen LogP contribution in [0.2, 0.25) is 0 Å². The highest BCUT2D eigenvalue weighted by Gasteiger charge is 2.22. The molecular formula is C25H26N4O2. The summed E-state index contributed by atoms with van der Waals surface area (Å²) in [5, 5.41) is 6.41. The third-order valence-electron chi connectivity index (χ3n) is 5.18. The Labute approximate surface area is 181 Å². The van der Waals surface area contributed by atoms with E-state index in [0.717, 1.165) is 22.4 Å². The average molecular weight is 415 g/mol. The molecule has 31 heavy (non-hydrogen) atoms. The number of anilines is 1. The standard InChI is InChI=1S/C25H26N4O2/c1-3-31-22-16-10-8-14-20(22)28-25(30)24(18-11-5-4-6-12-18)26-17-23-27-19-13-7-9-15-21(19)29(23)2/h4-16,24,26H,3,17H2,1-2H3,(H,28,30)/t24-/m0/s1. The number of fused-ring (bicyclic) bond motifs is 1. The van der Waals surface area contributed by atoms with Crippen LogP contribution in [0.25, 0.3) is 11.0 Å². The molecule has 0 saturated heterocycles. The molecule has 0 bridgehead atoms. The van der Waals surface area contributed by atoms with Crippen molar-refractivity contribution in [3.05, 3.63) is 90.3 Å². The first-order valence-corrected chi connectivity index (χ1v) is 10.4. The first-order chi connectivity index (χ1) is 15.2. The summed E-state index contributed by atoms with van der Waals surface area (Å²) in [7, 11) is 1.99. The summed E-state index contributed by atoms with van der Waals surface area (Å²) in [5.41, 5.74) is 3.53. The van der Waals surface area contributed by atoms with Gasteiger partial charge >= 0.3 is 0 Å². The number of hydrogen-bond donors (Lipinski definition) is 2. The van der Waals surface area contributed by atoms with E-state index in [-0.39, 0.29) is 5.91 Å². The van der Waals surface area contributed by atoms with Gasteiger partial charge in [-0.25, -0.2) is 4.98 Å². The van der Waals surface area contributed by atoms with E-state index < -0.39 is 6.04 Å². The highest BCUT2D eigenvalue weighted by molar-refractivity contribution is 5.96. The number of para-hydroxylation sites is 4. The fraction of sp³-hybridized carbons (Fsp3) is 0.200. The molecule has 1 aromatic heterocycles. The minimum atomic E-state index is -0.546. The molecule has 6 heteroatoms. The Morgan fingerprint density at radius 1 is 1.00 bits per heavy atom. The van der Waals surface area contributed by atoms with Crippen LogP contribution >= 0.6 is 0 Å². The Kier molecular flexibility index (Phi) is 6.29. The number of hydrogen-bond acceptors (Lipinski definition) is 4. The highest BCUT2D eigenvalue weighted by atomic mass is 16.5. The van der Waals surface area contributed by atoms with Gasteiger partial charge in [-0.15, -0.1) is 0 Å². The van der Waals surface area contributed by atoms with Crippen molar-refractivity contribution in [1.82, 2.24) is 14.9 Å². The van der Waals surface area contributed by atoms with E-state index in [1.807, 2.05) is 97.4 Å². The summed E-state index contributed by atoms with van der Waals surface area (Å²) in [6.45, 7) is 2.90. The molecule has 0 saturated carbocycles. The van der Waals surface area contributed by atoms with E-state index in [9.17, 15) is 4.79 Å². The van der Waals surface area contributed by atoms with E-state index in [4.69, 9.17) is 9.72 Å². The Morgan fingerprint density at radius 3 is 2.48 bits per heavy atom. The van der Waals surface area contributed by atoms with Crippen LogP contribution in [-0.2, 0) is 18.4 Å². The molecule has 0 aliphatic carbocycles. The van der Waals surface area contributed by atoms with Gasteiger partial charge in [0.15, 0.2) is 0 Å². The summed E-state index contributed by atoms with van der Waals surface area (Å²) in [6, 6.07) is 24.6. The number of rotatable bonds is 8. The van der Waals surface area contributed by atoms with E-state index in [1.165, 1.54) is 0 Å². The first kappa shape index (κ1) is 20.6. The van der Waals surface area contributed by atoms with E-state index in [1.54, 1.807) is 0 Å². The monoisotopic (exact) mass is 414 g/mol. The molecule has 6 nitrogen and oxygen atoms in total. The van der Waals surface area contributed by atoms with Crippen LogP contribution in [0.15, 0.2) is 78.9 Å². The van der Waals surface area contributed by atoms with Crippen LogP contribution in [0.4, 0.5) is 5.69 Å². The average Bonchev–Trinajstić information content (AvgIpc) is 3.12. The van der Waals surface area contributed by atoms with Gasteiger partial charge in [-0.2, -0.15) is 0 Å². The fourth-order valence-electron chi connectivity index (χ4n) is 3.61. The zero-order chi connectivity index (χ0) is 21.6. The molecule has 1 atom stereocenters. The number of nitrogens with one attached hydrogen (secondary N) is 2. The van der Waals surface area contributed by atoms with Gasteiger partial charge in [0.05, 0.1) is 29.9 Å². The van der Waals surface area contributed by atoms with Crippen molar-refractivity contribution >= 4 is 22.6 Å². The molecule has 0 fully saturated rings. The quantitative estimate of drug-likeness (QED) is 0.447. The number of aromatic nitrogens is 2. The number of carbonyl (C=O) groups is 1. The van der Waals surface area contributed by atoms with Crippen molar-refractivity contribution < 1.29 is 9.53 Å². The molecule has 1 heterocycles. The van der Waals surface area contributed by atoms with Crippen LogP contribution in [-0.4, -0.2) is 22.1 Å². The number of carbonyl (C=O) groups excluding carboxylic acids is 1. The number of benzene rings is 3. The molecule has 4 aromatic rings. The minimum absolute atomic E-state index is 0.155. The molecule has 0 radical (unpaired) electrons. The lowest BCUT2D eigenvalue weighted by atomic mass is 10.1. The molecule has 158 valence electrons. The van der Waals surface area contributed by atoms with Gasteiger partial charge in [-0.05, 0) is 36.8 Å². The lowest BCUT2D eigenvalue weighted by Crippen LogP contribution is -2.33. The molecule has 3 aromatic carbocycles. The van der Waals surface area contributed by atoms with Crippen LogP contribution in [0.3, 0.4) is 0 Å². The van der Waals surface area contributed by atoms with Gasteiger partial charge in [0.25, 0.3) is 0 Å². The van der Waals surface area contributed by atoms with E-state index >= 15 is 0 Å². The minimum Gasteiger partial charge on any atom is -0.492 e. The SMILES string of the molecule is CCOc1ccccc1NC(=O)[C@@H](NCc1nc2ccccc2n1C)c1ccccc1. The third-order valence-corrected chi connectivity index (χ3v) is 5.18. The summed E-state index contributed by atoms with van der Waals surface area (Å²) in [6.07, 6.45) is 0. The predicted octanol–water partition coefficient (Wildman–Crippen LogP) is 4.44. The Hall–Kier alpha value is -3.64. The van der Waals surface area contributed by atoms with Gasteiger partial charge in [0, 0.05) is 7.05 Å². The fourth-order valence-corrected chi connectivity index (χ4v) is 3.61. The number of imidazole rings is 1. The number of ether oxygens (including phenoxy) is 1. The zero-order valence-electron chi connectivity index (χ0n) is 17.7. The number of aryl methyl sites for hydroxylation is 1. The maximum atomic E-state index is 13.3. The molecule has 0 aliphatic heterocycles. The van der Waals surface area contributed by atoms with Crippen LogP contribution < -0.4 is 15.4 Å². The van der Waals surface area contributed by atoms with Crippen molar-refractivity contribution in [2.75, 3.05) is 11.9 Å². The summed E-state index contributed by atoms with van der Waals surface area (Å²) >= 11 is 0. The van der Waals surface area contributed by atoms with Crippen LogP contribution in [0.5, 0.6) is 5.75 Å². The smallest absolute Gasteiger partial charge is 0.246 e. The zero-order valence-corrected chi connectivity index (χ0v) is 17.7. The molecule has 4 rings (SSSR count). The predicted molar refractivity (Wildman–Crippen MR) is 123 cm³/mol. The van der Waals surface area contributed by atoms with Gasteiger partial charge in [-0.3, -0.25) is 10.1 Å². The Balaban J connectivity index is 1.57. The summed E-state index contributed by atoms with van der Waals surface area (Å²) in [5.74, 6) is 1.36. The Morgan fingerprint density at radius 2 is 1.71 bits per heavy atom. The van der Waals surface area contributed by atoms with Gasteiger partial charge in [-0.1, -0.05) is 54.6 Å². The van der Waals surface area contributed by atoms with Crippen LogP contribution in [0, 0.1) is 0 Å². The maximum Gasteiger partial charge on any atom is 0.246 e. The first-order valence-electron chi connectivity index (χ1n) is 10.4. The van der Waals surface area contributed by atoms with Gasteiger partial charge < -0.3 is 14.6 Å². The van der Waals surface area contributed by atoms with Gasteiger partial charge in [0.1, 0.15) is 17.6 Å². The second kappa shape index (κ2) is 9.45.